The van der Waals surface area contributed by atoms with Crippen molar-refractivity contribution in [1.82, 2.24) is 0 Å². The summed E-state index contributed by atoms with van der Waals surface area (Å²) in [6.07, 6.45) is -11.7. The highest BCUT2D eigenvalue weighted by molar-refractivity contribution is 4.98. The Hall–Kier alpha value is -1.32. The summed E-state index contributed by atoms with van der Waals surface area (Å²) in [6.45, 7) is -2.40. The zero-order chi connectivity index (χ0) is 22.5. The van der Waals surface area contributed by atoms with Crippen LogP contribution in [0, 0.1) is 0 Å². The van der Waals surface area contributed by atoms with Gasteiger partial charge >= 0.3 is 5.95 Å². The van der Waals surface area contributed by atoms with Crippen LogP contribution < -0.4 is 0 Å². The largest absolute Gasteiger partial charge is 0.475 e. The molecule has 2 saturated heterocycles. The van der Waals surface area contributed by atoms with Crippen LogP contribution in [0.25, 0.3) is 0 Å². The third-order valence-electron chi connectivity index (χ3n) is 4.77. The van der Waals surface area contributed by atoms with Crippen LogP contribution in [0.4, 0.5) is 0 Å². The molecule has 0 unspecified atom stereocenters. The topological polar surface area (TPSA) is 219 Å². The molecule has 13 nitrogen and oxygen atoms in total. The number of hydrogen-bond acceptors (Lipinski definition) is 13. The van der Waals surface area contributed by atoms with E-state index in [1.54, 1.807) is 0 Å². The van der Waals surface area contributed by atoms with Gasteiger partial charge in [0.05, 0.1) is 6.61 Å². The van der Waals surface area contributed by atoms with Gasteiger partial charge in [-0.05, 0) is 18.2 Å². The van der Waals surface area contributed by atoms with Gasteiger partial charge in [0.15, 0.2) is 6.29 Å². The van der Waals surface area contributed by atoms with Gasteiger partial charge < -0.3 is 64.9 Å². The highest BCUT2D eigenvalue weighted by Crippen LogP contribution is 2.36. The minimum atomic E-state index is -2.29. The molecule has 2 aliphatic heterocycles. The van der Waals surface area contributed by atoms with E-state index in [4.69, 9.17) is 24.1 Å². The molecule has 0 aromatic rings. The molecule has 0 radical (unpaired) electrons. The van der Waals surface area contributed by atoms with Gasteiger partial charge in [-0.1, -0.05) is 0 Å². The Morgan fingerprint density at radius 3 is 2.23 bits per heavy atom. The summed E-state index contributed by atoms with van der Waals surface area (Å²) < 4.78 is 20.8. The van der Waals surface area contributed by atoms with Gasteiger partial charge in [-0.2, -0.15) is 0 Å². The maximum atomic E-state index is 10.2. The van der Waals surface area contributed by atoms with E-state index in [-0.39, 0.29) is 13.0 Å². The van der Waals surface area contributed by atoms with Crippen molar-refractivity contribution in [3.63, 3.8) is 0 Å². The van der Waals surface area contributed by atoms with Crippen LogP contribution in [-0.4, -0.2) is 127 Å². The molecule has 2 aliphatic rings. The van der Waals surface area contributed by atoms with E-state index in [1.807, 2.05) is 0 Å². The lowest BCUT2D eigenvalue weighted by atomic mass is 9.99. The maximum absolute atomic E-state index is 10.2. The second-order valence-corrected chi connectivity index (χ2v) is 6.85. The summed E-state index contributed by atoms with van der Waals surface area (Å²) >= 11 is 0. The van der Waals surface area contributed by atoms with Crippen molar-refractivity contribution >= 4 is 0 Å². The van der Waals surface area contributed by atoms with Gasteiger partial charge in [0.2, 0.25) is 5.79 Å². The van der Waals surface area contributed by atoms with Crippen LogP contribution in [0.5, 0.6) is 0 Å². The first-order chi connectivity index (χ1) is 14.2. The Labute approximate surface area is 171 Å². The highest BCUT2D eigenvalue weighted by Gasteiger charge is 2.58. The Morgan fingerprint density at radius 1 is 0.967 bits per heavy atom. The molecule has 0 saturated carbocycles. The zero-order valence-corrected chi connectivity index (χ0v) is 15.9. The van der Waals surface area contributed by atoms with Crippen molar-refractivity contribution < 1.29 is 64.9 Å². The third kappa shape index (κ3) is 5.29. The average molecular weight is 440 g/mol. The minimum Gasteiger partial charge on any atom is -0.475 e. The summed E-state index contributed by atoms with van der Waals surface area (Å²) in [5.74, 6) is -2.98. The van der Waals surface area contributed by atoms with Crippen LogP contribution in [0.2, 0.25) is 0 Å². The molecule has 0 spiro atoms. The molecule has 13 heteroatoms. The molecule has 9 N–H and O–H groups in total. The first-order valence-corrected chi connectivity index (χ1v) is 9.21. The van der Waals surface area contributed by atoms with E-state index in [0.717, 1.165) is 0 Å². The molecule has 2 rings (SSSR count). The summed E-state index contributed by atoms with van der Waals surface area (Å²) in [5.41, 5.74) is 2.31. The van der Waals surface area contributed by atoms with Gasteiger partial charge in [0, 0.05) is 6.61 Å². The molecule has 30 heavy (non-hydrogen) atoms. The van der Waals surface area contributed by atoms with Gasteiger partial charge in [0.25, 0.3) is 0 Å². The number of ether oxygens (including phenoxy) is 4. The van der Waals surface area contributed by atoms with Crippen LogP contribution in [0.3, 0.4) is 0 Å². The first kappa shape index (κ1) is 24.9. The fourth-order valence-corrected chi connectivity index (χ4v) is 3.04. The highest BCUT2D eigenvalue weighted by atomic mass is 16.8. The monoisotopic (exact) mass is 440 g/mol. The van der Waals surface area contributed by atoms with Crippen LogP contribution in [0.15, 0.2) is 17.8 Å². The summed E-state index contributed by atoms with van der Waals surface area (Å²) in [5, 5.41) is 87.5. The Morgan fingerprint density at radius 2 is 1.67 bits per heavy atom. The summed E-state index contributed by atoms with van der Waals surface area (Å²) in [7, 11) is 0. The smallest absolute Gasteiger partial charge is 0.324 e. The molecule has 2 fully saturated rings. The van der Waals surface area contributed by atoms with E-state index in [2.05, 4.69) is 5.73 Å². The molecular weight excluding hydrogens is 412 g/mol. The standard InChI is InChI=1S/C17H28O13/c18-4-2-1-3-10(21)27-6-9-11(22)13(24)14(25)16(28-9)30-17(7-20)15(26)12(23)8(5-19)29-17/h1,8-9,11-16,18-26H,2,4-7H2/t3?,8-,9-,11-,12-,13+,14-,15+,16-,17+/m1/s1. The third-order valence-corrected chi connectivity index (χ3v) is 4.77. The van der Waals surface area contributed by atoms with Crippen molar-refractivity contribution in [1.29, 1.82) is 0 Å². The van der Waals surface area contributed by atoms with Crippen molar-refractivity contribution in [2.24, 2.45) is 0 Å². The molecule has 0 aromatic carbocycles. The van der Waals surface area contributed by atoms with Crippen molar-refractivity contribution in [2.45, 2.75) is 61.2 Å². The van der Waals surface area contributed by atoms with E-state index in [1.165, 1.54) is 6.08 Å². The first-order valence-electron chi connectivity index (χ1n) is 9.21. The fourth-order valence-electron chi connectivity index (χ4n) is 3.04. The normalized spacial score (nSPS) is 41.3. The van der Waals surface area contributed by atoms with Gasteiger partial charge in [0.1, 0.15) is 55.9 Å². The molecule has 0 aliphatic carbocycles. The van der Waals surface area contributed by atoms with Crippen LogP contribution in [0.1, 0.15) is 6.42 Å². The molecule has 9 atom stereocenters. The summed E-state index contributed by atoms with van der Waals surface area (Å²) in [6, 6.07) is 0. The van der Waals surface area contributed by atoms with Gasteiger partial charge in [-0.25, -0.2) is 0 Å². The molecule has 174 valence electrons. The zero-order valence-electron chi connectivity index (χ0n) is 15.9. The van der Waals surface area contributed by atoms with E-state index >= 15 is 0 Å². The van der Waals surface area contributed by atoms with Gasteiger partial charge in [-0.3, -0.25) is 0 Å². The number of hydrogen-bond donors (Lipinski definition) is 9. The fraction of sp³-hybridized carbons (Fsp3) is 0.824. The lowest BCUT2D eigenvalue weighted by Crippen LogP contribution is -2.62. The molecule has 0 amide bonds. The number of aliphatic hydroxyl groups excluding tert-OH is 9. The Bertz CT molecular complexity index is 608. The lowest BCUT2D eigenvalue weighted by molar-refractivity contribution is -0.384. The molecule has 0 bridgehead atoms. The van der Waals surface area contributed by atoms with Gasteiger partial charge in [-0.15, -0.1) is 0 Å². The Balaban J connectivity index is 2.11. The minimum absolute atomic E-state index is 0.166. The van der Waals surface area contributed by atoms with E-state index in [9.17, 15) is 40.9 Å². The quantitative estimate of drug-likeness (QED) is 0.122. The maximum Gasteiger partial charge on any atom is 0.324 e. The number of aliphatic hydroxyl groups is 9. The lowest BCUT2D eigenvalue weighted by Gasteiger charge is -2.43. The predicted molar refractivity (Wildman–Crippen MR) is 93.4 cm³/mol. The van der Waals surface area contributed by atoms with Crippen LogP contribution >= 0.6 is 0 Å². The second-order valence-electron chi connectivity index (χ2n) is 6.85. The molecule has 2 heterocycles. The van der Waals surface area contributed by atoms with E-state index in [0.29, 0.717) is 0 Å². The number of rotatable bonds is 9. The SMILES string of the molecule is OCCC=C=C(O)OC[C@H]1O[C@H](O[C@]2(CO)O[C@H](CO)[C@@H](O)[C@@H]2O)[C@H](O)[C@@H](O)[C@@H]1O. The summed E-state index contributed by atoms with van der Waals surface area (Å²) in [4.78, 5) is 0. The van der Waals surface area contributed by atoms with Crippen molar-refractivity contribution in [3.8, 4) is 0 Å². The van der Waals surface area contributed by atoms with Crippen molar-refractivity contribution in [3.05, 3.63) is 17.8 Å². The average Bonchev–Trinajstić information content (AvgIpc) is 2.98. The van der Waals surface area contributed by atoms with E-state index < -0.39 is 80.6 Å². The van der Waals surface area contributed by atoms with Crippen LogP contribution in [-0.2, 0) is 18.9 Å². The van der Waals surface area contributed by atoms with Crippen molar-refractivity contribution in [2.75, 3.05) is 26.4 Å². The molecular formula is C17H28O13. The Kier molecular flexibility index (Phi) is 8.99. The second kappa shape index (κ2) is 10.8. The predicted octanol–water partition coefficient (Wildman–Crippen LogP) is -4.43. The molecule has 0 aromatic heterocycles.